The first-order valence-corrected chi connectivity index (χ1v) is 10.7. The minimum atomic E-state index is -0.853. The lowest BCUT2D eigenvalue weighted by molar-refractivity contribution is -0.137. The van der Waals surface area contributed by atoms with Gasteiger partial charge < -0.3 is 20.1 Å². The van der Waals surface area contributed by atoms with Gasteiger partial charge >= 0.3 is 12.0 Å². The predicted octanol–water partition coefficient (Wildman–Crippen LogP) is 2.52. The summed E-state index contributed by atoms with van der Waals surface area (Å²) >= 11 is 6.10. The Balaban J connectivity index is 1.53. The van der Waals surface area contributed by atoms with Crippen molar-refractivity contribution in [1.29, 1.82) is 0 Å². The number of aliphatic carboxylic acids is 1. The first-order valence-electron chi connectivity index (χ1n) is 10.3. The molecule has 10 nitrogen and oxygen atoms in total. The van der Waals surface area contributed by atoms with Crippen LogP contribution in [0.3, 0.4) is 0 Å². The summed E-state index contributed by atoms with van der Waals surface area (Å²) in [5, 5.41) is 16.0. The van der Waals surface area contributed by atoms with Crippen molar-refractivity contribution < 1.29 is 24.2 Å². The first-order chi connectivity index (χ1) is 15.3. The predicted molar refractivity (Wildman–Crippen MR) is 118 cm³/mol. The SMILES string of the molecule is CC(=O)Nc1ccn(C(=O)N2CCN(Cc3ccc(Cl)cc3OCCCC(=O)O)CC2)n1. The maximum Gasteiger partial charge on any atom is 0.344 e. The number of nitrogens with zero attached hydrogens (tertiary/aromatic N) is 4. The van der Waals surface area contributed by atoms with Crippen LogP contribution in [0.2, 0.25) is 5.02 Å². The van der Waals surface area contributed by atoms with Crippen molar-refractivity contribution >= 4 is 35.3 Å². The molecule has 0 saturated carbocycles. The molecular weight excluding hydrogens is 438 g/mol. The van der Waals surface area contributed by atoms with E-state index in [1.807, 2.05) is 6.07 Å². The molecule has 0 unspecified atom stereocenters. The van der Waals surface area contributed by atoms with Gasteiger partial charge in [-0.2, -0.15) is 4.68 Å². The molecule has 3 rings (SSSR count). The topological polar surface area (TPSA) is 117 Å². The molecule has 1 aliphatic heterocycles. The fraction of sp³-hybridized carbons (Fsp3) is 0.429. The number of benzene rings is 1. The van der Waals surface area contributed by atoms with E-state index in [9.17, 15) is 14.4 Å². The van der Waals surface area contributed by atoms with Gasteiger partial charge in [-0.3, -0.25) is 14.5 Å². The van der Waals surface area contributed by atoms with Crippen molar-refractivity contribution in [1.82, 2.24) is 19.6 Å². The number of halogens is 1. The van der Waals surface area contributed by atoms with E-state index in [0.29, 0.717) is 62.3 Å². The molecule has 0 radical (unpaired) electrons. The highest BCUT2D eigenvalue weighted by Crippen LogP contribution is 2.25. The van der Waals surface area contributed by atoms with E-state index >= 15 is 0 Å². The van der Waals surface area contributed by atoms with Gasteiger partial charge in [0.15, 0.2) is 5.82 Å². The smallest absolute Gasteiger partial charge is 0.344 e. The molecule has 0 atom stereocenters. The summed E-state index contributed by atoms with van der Waals surface area (Å²) in [5.41, 5.74) is 0.955. The molecule has 2 N–H and O–H groups in total. The molecular formula is C21H26ClN5O5. The van der Waals surface area contributed by atoms with Crippen LogP contribution in [0.5, 0.6) is 5.75 Å². The maximum atomic E-state index is 12.7. The Bertz CT molecular complexity index is 971. The molecule has 2 heterocycles. The van der Waals surface area contributed by atoms with Crippen LogP contribution in [0.4, 0.5) is 10.6 Å². The number of rotatable bonds is 8. The molecule has 1 aliphatic rings. The van der Waals surface area contributed by atoms with Crippen molar-refractivity contribution in [3.05, 3.63) is 41.0 Å². The first kappa shape index (κ1) is 23.6. The van der Waals surface area contributed by atoms with Gasteiger partial charge in [-0.15, -0.1) is 5.10 Å². The highest BCUT2D eigenvalue weighted by atomic mass is 35.5. The molecule has 2 amide bonds. The highest BCUT2D eigenvalue weighted by Gasteiger charge is 2.23. The second kappa shape index (κ2) is 11.0. The molecule has 11 heteroatoms. The molecule has 1 fully saturated rings. The summed E-state index contributed by atoms with van der Waals surface area (Å²) in [6.45, 7) is 4.73. The Morgan fingerprint density at radius 2 is 1.94 bits per heavy atom. The zero-order valence-electron chi connectivity index (χ0n) is 17.8. The van der Waals surface area contributed by atoms with Crippen molar-refractivity contribution in [2.45, 2.75) is 26.3 Å². The summed E-state index contributed by atoms with van der Waals surface area (Å²) in [5.74, 6) is -0.121. The largest absolute Gasteiger partial charge is 0.493 e. The molecule has 0 bridgehead atoms. The van der Waals surface area contributed by atoms with Crippen molar-refractivity contribution in [3.63, 3.8) is 0 Å². The molecule has 2 aromatic rings. The zero-order chi connectivity index (χ0) is 23.1. The van der Waals surface area contributed by atoms with Gasteiger partial charge in [0.25, 0.3) is 0 Å². The van der Waals surface area contributed by atoms with E-state index in [-0.39, 0.29) is 18.4 Å². The van der Waals surface area contributed by atoms with Crippen LogP contribution in [0.15, 0.2) is 30.5 Å². The fourth-order valence-corrected chi connectivity index (χ4v) is 3.52. The number of amides is 2. The average molecular weight is 464 g/mol. The number of hydrogen-bond donors (Lipinski definition) is 2. The Hall–Kier alpha value is -3.11. The minimum Gasteiger partial charge on any atom is -0.493 e. The lowest BCUT2D eigenvalue weighted by atomic mass is 10.1. The van der Waals surface area contributed by atoms with E-state index in [2.05, 4.69) is 15.3 Å². The molecule has 0 aliphatic carbocycles. The van der Waals surface area contributed by atoms with E-state index < -0.39 is 5.97 Å². The quantitative estimate of drug-likeness (QED) is 0.577. The van der Waals surface area contributed by atoms with Crippen molar-refractivity contribution in [2.24, 2.45) is 0 Å². The number of aromatic nitrogens is 2. The molecule has 1 aromatic carbocycles. The normalized spacial score (nSPS) is 14.2. The second-order valence-corrected chi connectivity index (χ2v) is 7.91. The van der Waals surface area contributed by atoms with Crippen LogP contribution in [-0.4, -0.2) is 75.4 Å². The number of carbonyl (C=O) groups is 3. The van der Waals surface area contributed by atoms with E-state index in [1.54, 1.807) is 23.1 Å². The van der Waals surface area contributed by atoms with Crippen LogP contribution < -0.4 is 10.1 Å². The van der Waals surface area contributed by atoms with Gasteiger partial charge in [0.05, 0.1) is 6.61 Å². The third-order valence-electron chi connectivity index (χ3n) is 4.95. The van der Waals surface area contributed by atoms with Crippen LogP contribution in [-0.2, 0) is 16.1 Å². The number of hydrogen-bond acceptors (Lipinski definition) is 6. The standard InChI is InChI=1S/C21H26ClN5O5/c1-15(28)23-19-6-7-27(24-19)21(31)26-10-8-25(9-11-26)14-16-4-5-17(22)13-18(16)32-12-2-3-20(29)30/h4-7,13H,2-3,8-12,14H2,1H3,(H,29,30)(H,23,24,28). The molecule has 0 spiro atoms. The Morgan fingerprint density at radius 1 is 1.19 bits per heavy atom. The Kier molecular flexibility index (Phi) is 8.07. The van der Waals surface area contributed by atoms with Crippen LogP contribution >= 0.6 is 11.6 Å². The number of carboxylic acids is 1. The van der Waals surface area contributed by atoms with Gasteiger partial charge in [-0.25, -0.2) is 4.79 Å². The monoisotopic (exact) mass is 463 g/mol. The molecule has 1 saturated heterocycles. The number of piperazine rings is 1. The van der Waals surface area contributed by atoms with E-state index in [0.717, 1.165) is 5.56 Å². The molecule has 32 heavy (non-hydrogen) atoms. The fourth-order valence-electron chi connectivity index (χ4n) is 3.36. The number of ether oxygens (including phenoxy) is 1. The Labute approximate surface area is 190 Å². The summed E-state index contributed by atoms with van der Waals surface area (Å²) in [6, 6.07) is 6.77. The van der Waals surface area contributed by atoms with Gasteiger partial charge in [0.2, 0.25) is 5.91 Å². The van der Waals surface area contributed by atoms with Crippen LogP contribution in [0.25, 0.3) is 0 Å². The van der Waals surface area contributed by atoms with Crippen LogP contribution in [0.1, 0.15) is 25.3 Å². The third-order valence-corrected chi connectivity index (χ3v) is 5.18. The van der Waals surface area contributed by atoms with E-state index in [4.69, 9.17) is 21.4 Å². The third kappa shape index (κ3) is 6.69. The molecule has 1 aromatic heterocycles. The van der Waals surface area contributed by atoms with Crippen molar-refractivity contribution in [3.8, 4) is 5.75 Å². The van der Waals surface area contributed by atoms with Gasteiger partial charge in [-0.05, 0) is 18.6 Å². The maximum absolute atomic E-state index is 12.7. The Morgan fingerprint density at radius 3 is 2.62 bits per heavy atom. The molecule has 172 valence electrons. The number of carbonyl (C=O) groups excluding carboxylic acids is 2. The number of nitrogens with one attached hydrogen (secondary N) is 1. The van der Waals surface area contributed by atoms with Gasteiger partial charge in [-0.1, -0.05) is 17.7 Å². The van der Waals surface area contributed by atoms with E-state index in [1.165, 1.54) is 17.8 Å². The van der Waals surface area contributed by atoms with Gasteiger partial charge in [0, 0.05) is 68.9 Å². The minimum absolute atomic E-state index is 0.0500. The number of carboxylic acid groups (broad SMARTS) is 1. The van der Waals surface area contributed by atoms with Crippen LogP contribution in [0, 0.1) is 0 Å². The second-order valence-electron chi connectivity index (χ2n) is 7.47. The van der Waals surface area contributed by atoms with Crippen molar-refractivity contribution in [2.75, 3.05) is 38.1 Å². The van der Waals surface area contributed by atoms with Gasteiger partial charge in [0.1, 0.15) is 5.75 Å². The lowest BCUT2D eigenvalue weighted by Gasteiger charge is -2.34. The zero-order valence-corrected chi connectivity index (χ0v) is 18.5. The number of anilines is 1. The summed E-state index contributed by atoms with van der Waals surface area (Å²) in [7, 11) is 0. The summed E-state index contributed by atoms with van der Waals surface area (Å²) < 4.78 is 7.00. The highest BCUT2D eigenvalue weighted by molar-refractivity contribution is 6.30. The summed E-state index contributed by atoms with van der Waals surface area (Å²) in [4.78, 5) is 38.4. The summed E-state index contributed by atoms with van der Waals surface area (Å²) in [6.07, 6.45) is 2.00. The average Bonchev–Trinajstić information content (AvgIpc) is 3.20. The lowest BCUT2D eigenvalue weighted by Crippen LogP contribution is -2.49.